The molecule has 3 aromatic rings. The molecule has 1 aromatic carbocycles. The molecule has 1 fully saturated rings. The molecule has 1 aliphatic heterocycles. The molecule has 0 bridgehead atoms. The predicted octanol–water partition coefficient (Wildman–Crippen LogP) is 3.57. The zero-order chi connectivity index (χ0) is 21.1. The van der Waals surface area contributed by atoms with Gasteiger partial charge in [0, 0.05) is 30.3 Å². The third kappa shape index (κ3) is 4.45. The summed E-state index contributed by atoms with van der Waals surface area (Å²) in [5, 5.41) is 9.97. The highest BCUT2D eigenvalue weighted by molar-refractivity contribution is 5.94. The smallest absolute Gasteiger partial charge is 0.272 e. The van der Waals surface area contributed by atoms with E-state index in [0.717, 1.165) is 35.2 Å². The fourth-order valence-electron chi connectivity index (χ4n) is 4.01. The molecule has 0 aliphatic carbocycles. The van der Waals surface area contributed by atoms with Gasteiger partial charge in [-0.15, -0.1) is 0 Å². The van der Waals surface area contributed by atoms with E-state index < -0.39 is 0 Å². The summed E-state index contributed by atoms with van der Waals surface area (Å²) < 4.78 is 5.22. The highest BCUT2D eigenvalue weighted by atomic mass is 16.3. The quantitative estimate of drug-likeness (QED) is 0.678. The Hall–Kier alpha value is -3.35. The van der Waals surface area contributed by atoms with Gasteiger partial charge in [0.15, 0.2) is 0 Å². The topological polar surface area (TPSA) is 91.2 Å². The van der Waals surface area contributed by atoms with Gasteiger partial charge in [-0.25, -0.2) is 0 Å². The lowest BCUT2D eigenvalue weighted by Gasteiger charge is -2.31. The second-order valence-corrected chi connectivity index (χ2v) is 7.91. The molecule has 7 heteroatoms. The summed E-state index contributed by atoms with van der Waals surface area (Å²) in [6.45, 7) is 5.73. The number of hydrogen-bond donors (Lipinski definition) is 2. The number of amides is 2. The SMILES string of the molecule is Cc1cc(C)cc(C(=O)N2CCC(c3cc(C(=O)NCc4ccco4)n[nH]3)CC2)c1. The molecule has 0 radical (unpaired) electrons. The maximum Gasteiger partial charge on any atom is 0.272 e. The molecule has 4 rings (SSSR count). The van der Waals surface area contributed by atoms with Crippen molar-refractivity contribution in [2.24, 2.45) is 0 Å². The minimum Gasteiger partial charge on any atom is -0.467 e. The molecule has 7 nitrogen and oxygen atoms in total. The first kappa shape index (κ1) is 19.9. The number of furan rings is 1. The van der Waals surface area contributed by atoms with Crippen LogP contribution in [0.5, 0.6) is 0 Å². The van der Waals surface area contributed by atoms with Crippen LogP contribution in [0.4, 0.5) is 0 Å². The molecular formula is C23H26N4O3. The third-order valence-electron chi connectivity index (χ3n) is 5.52. The maximum absolute atomic E-state index is 12.9. The van der Waals surface area contributed by atoms with Crippen LogP contribution in [0, 0.1) is 13.8 Å². The van der Waals surface area contributed by atoms with Crippen LogP contribution in [0.2, 0.25) is 0 Å². The van der Waals surface area contributed by atoms with Crippen LogP contribution in [-0.2, 0) is 6.54 Å². The lowest BCUT2D eigenvalue weighted by molar-refractivity contribution is 0.0711. The minimum absolute atomic E-state index is 0.0860. The molecule has 0 atom stereocenters. The molecule has 2 N–H and O–H groups in total. The van der Waals surface area contributed by atoms with Crippen molar-refractivity contribution in [1.29, 1.82) is 0 Å². The van der Waals surface area contributed by atoms with Gasteiger partial charge < -0.3 is 14.6 Å². The van der Waals surface area contributed by atoms with Crippen LogP contribution < -0.4 is 5.32 Å². The first-order valence-electron chi connectivity index (χ1n) is 10.2. The molecule has 0 saturated carbocycles. The molecule has 2 aromatic heterocycles. The number of carbonyl (C=O) groups is 2. The average molecular weight is 406 g/mol. The van der Waals surface area contributed by atoms with E-state index in [1.807, 2.05) is 43.0 Å². The molecule has 0 unspecified atom stereocenters. The van der Waals surface area contributed by atoms with Crippen molar-refractivity contribution in [3.63, 3.8) is 0 Å². The molecule has 2 amide bonds. The summed E-state index contributed by atoms with van der Waals surface area (Å²) in [5.41, 5.74) is 4.26. The monoisotopic (exact) mass is 406 g/mol. The first-order valence-corrected chi connectivity index (χ1v) is 10.2. The van der Waals surface area contributed by atoms with E-state index in [9.17, 15) is 9.59 Å². The minimum atomic E-state index is -0.240. The van der Waals surface area contributed by atoms with Crippen molar-refractivity contribution in [3.8, 4) is 0 Å². The fourth-order valence-corrected chi connectivity index (χ4v) is 4.01. The molecule has 30 heavy (non-hydrogen) atoms. The average Bonchev–Trinajstić information content (AvgIpc) is 3.43. The summed E-state index contributed by atoms with van der Waals surface area (Å²) in [6.07, 6.45) is 3.25. The number of hydrogen-bond acceptors (Lipinski definition) is 4. The lowest BCUT2D eigenvalue weighted by atomic mass is 9.93. The number of likely N-dealkylation sites (tertiary alicyclic amines) is 1. The number of aromatic amines is 1. The number of aromatic nitrogens is 2. The molecule has 3 heterocycles. The van der Waals surface area contributed by atoms with Gasteiger partial charge in [-0.2, -0.15) is 5.10 Å². The number of benzene rings is 1. The van der Waals surface area contributed by atoms with Gasteiger partial charge in [0.05, 0.1) is 12.8 Å². The van der Waals surface area contributed by atoms with Crippen molar-refractivity contribution in [2.75, 3.05) is 13.1 Å². The highest BCUT2D eigenvalue weighted by Gasteiger charge is 2.26. The Labute approximate surface area is 175 Å². The zero-order valence-electron chi connectivity index (χ0n) is 17.3. The standard InChI is InChI=1S/C23H26N4O3/c1-15-10-16(2)12-18(11-15)23(29)27-7-5-17(6-8-27)20-13-21(26-25-20)22(28)24-14-19-4-3-9-30-19/h3-4,9-13,17H,5-8,14H2,1-2H3,(H,24,28)(H,25,26). The van der Waals surface area contributed by atoms with Crippen LogP contribution >= 0.6 is 0 Å². The molecule has 1 aliphatic rings. The Kier molecular flexibility index (Phi) is 5.70. The van der Waals surface area contributed by atoms with Crippen molar-refractivity contribution in [3.05, 3.63) is 76.5 Å². The summed E-state index contributed by atoms with van der Waals surface area (Å²) in [6, 6.07) is 11.4. The zero-order valence-corrected chi connectivity index (χ0v) is 17.3. The Morgan fingerprint density at radius 3 is 2.57 bits per heavy atom. The van der Waals surface area contributed by atoms with Crippen molar-refractivity contribution in [2.45, 2.75) is 39.2 Å². The Morgan fingerprint density at radius 1 is 1.17 bits per heavy atom. The second kappa shape index (κ2) is 8.57. The highest BCUT2D eigenvalue weighted by Crippen LogP contribution is 2.28. The van der Waals surface area contributed by atoms with Crippen LogP contribution in [0.25, 0.3) is 0 Å². The van der Waals surface area contributed by atoms with Gasteiger partial charge in [0.25, 0.3) is 11.8 Å². The van der Waals surface area contributed by atoms with E-state index in [2.05, 4.69) is 21.6 Å². The fraction of sp³-hybridized carbons (Fsp3) is 0.348. The van der Waals surface area contributed by atoms with Crippen molar-refractivity contribution in [1.82, 2.24) is 20.4 Å². The van der Waals surface area contributed by atoms with Crippen molar-refractivity contribution < 1.29 is 14.0 Å². The summed E-state index contributed by atoms with van der Waals surface area (Å²) in [5.74, 6) is 0.798. The molecule has 156 valence electrons. The molecule has 1 saturated heterocycles. The Bertz CT molecular complexity index is 1010. The van der Waals surface area contributed by atoms with Gasteiger partial charge >= 0.3 is 0 Å². The van der Waals surface area contributed by atoms with Crippen LogP contribution in [0.15, 0.2) is 47.1 Å². The normalized spacial score (nSPS) is 14.7. The lowest BCUT2D eigenvalue weighted by Crippen LogP contribution is -2.38. The van der Waals surface area contributed by atoms with E-state index >= 15 is 0 Å². The number of piperidine rings is 1. The number of aryl methyl sites for hydroxylation is 2. The Morgan fingerprint density at radius 2 is 1.90 bits per heavy atom. The number of H-pyrrole nitrogens is 1. The van der Waals surface area contributed by atoms with Crippen LogP contribution in [0.3, 0.4) is 0 Å². The number of rotatable bonds is 5. The number of nitrogens with zero attached hydrogens (tertiary/aromatic N) is 2. The first-order chi connectivity index (χ1) is 14.5. The van der Waals surface area contributed by atoms with E-state index in [1.165, 1.54) is 0 Å². The summed E-state index contributed by atoms with van der Waals surface area (Å²) in [7, 11) is 0. The van der Waals surface area contributed by atoms with Crippen molar-refractivity contribution >= 4 is 11.8 Å². The Balaban J connectivity index is 1.33. The van der Waals surface area contributed by atoms with E-state index in [1.54, 1.807) is 12.3 Å². The summed E-state index contributed by atoms with van der Waals surface area (Å²) >= 11 is 0. The van der Waals surface area contributed by atoms with E-state index in [0.29, 0.717) is 31.1 Å². The van der Waals surface area contributed by atoms with Crippen LogP contribution in [0.1, 0.15) is 62.2 Å². The predicted molar refractivity (Wildman–Crippen MR) is 112 cm³/mol. The third-order valence-corrected chi connectivity index (χ3v) is 5.52. The number of nitrogens with one attached hydrogen (secondary N) is 2. The van der Waals surface area contributed by atoms with Gasteiger partial charge in [-0.3, -0.25) is 14.7 Å². The van der Waals surface area contributed by atoms with E-state index in [-0.39, 0.29) is 17.7 Å². The van der Waals surface area contributed by atoms with Gasteiger partial charge in [-0.1, -0.05) is 17.2 Å². The number of carbonyl (C=O) groups excluding carboxylic acids is 2. The summed E-state index contributed by atoms with van der Waals surface area (Å²) in [4.78, 5) is 27.1. The maximum atomic E-state index is 12.9. The van der Waals surface area contributed by atoms with Crippen LogP contribution in [-0.4, -0.2) is 40.0 Å². The van der Waals surface area contributed by atoms with Gasteiger partial charge in [-0.05, 0) is 57.0 Å². The van der Waals surface area contributed by atoms with E-state index in [4.69, 9.17) is 4.42 Å². The molecule has 0 spiro atoms. The largest absolute Gasteiger partial charge is 0.467 e. The molecular weight excluding hydrogens is 380 g/mol. The van der Waals surface area contributed by atoms with Gasteiger partial charge in [0.1, 0.15) is 11.5 Å². The second-order valence-electron chi connectivity index (χ2n) is 7.91. The van der Waals surface area contributed by atoms with Gasteiger partial charge in [0.2, 0.25) is 0 Å².